The van der Waals surface area contributed by atoms with Crippen LogP contribution < -0.4 is 5.73 Å². The van der Waals surface area contributed by atoms with E-state index in [4.69, 9.17) is 5.73 Å². The first-order valence-corrected chi connectivity index (χ1v) is 8.66. The summed E-state index contributed by atoms with van der Waals surface area (Å²) in [4.78, 5) is 5.38. The van der Waals surface area contributed by atoms with Crippen LogP contribution in [0.4, 0.5) is 0 Å². The Kier molecular flexibility index (Phi) is 5.49. The molecule has 0 amide bonds. The zero-order chi connectivity index (χ0) is 14.8. The first-order valence-electron chi connectivity index (χ1n) is 8.66. The predicted octanol–water partition coefficient (Wildman–Crippen LogP) is 2.56. The summed E-state index contributed by atoms with van der Waals surface area (Å²) in [6.45, 7) is 15.1. The van der Waals surface area contributed by atoms with E-state index in [1.54, 1.807) is 0 Å². The maximum atomic E-state index is 6.26. The van der Waals surface area contributed by atoms with Crippen LogP contribution in [0.15, 0.2) is 0 Å². The van der Waals surface area contributed by atoms with Gasteiger partial charge in [0.15, 0.2) is 0 Å². The number of nitrogens with two attached hydrogens (primary N) is 1. The van der Waals surface area contributed by atoms with Crippen LogP contribution in [0.5, 0.6) is 0 Å². The van der Waals surface area contributed by atoms with Crippen molar-refractivity contribution in [3.8, 4) is 0 Å². The van der Waals surface area contributed by atoms with Crippen molar-refractivity contribution in [2.45, 2.75) is 65.0 Å². The largest absolute Gasteiger partial charge is 0.329 e. The molecule has 2 rings (SSSR count). The highest BCUT2D eigenvalue weighted by Crippen LogP contribution is 2.36. The van der Waals surface area contributed by atoms with Gasteiger partial charge in [-0.1, -0.05) is 13.8 Å². The summed E-state index contributed by atoms with van der Waals surface area (Å²) in [5.74, 6) is 1.72. The molecule has 0 aromatic carbocycles. The minimum Gasteiger partial charge on any atom is -0.329 e. The predicted molar refractivity (Wildman–Crippen MR) is 86.9 cm³/mol. The highest BCUT2D eigenvalue weighted by molar-refractivity contribution is 4.99. The number of piperidine rings is 1. The fourth-order valence-corrected chi connectivity index (χ4v) is 3.81. The molecule has 1 heterocycles. The van der Waals surface area contributed by atoms with Crippen molar-refractivity contribution < 1.29 is 0 Å². The van der Waals surface area contributed by atoms with Gasteiger partial charge in [-0.25, -0.2) is 0 Å². The van der Waals surface area contributed by atoms with Gasteiger partial charge in [0.2, 0.25) is 0 Å². The average Bonchev–Trinajstić information content (AvgIpc) is 3.20. The molecule has 118 valence electrons. The third kappa shape index (κ3) is 3.96. The van der Waals surface area contributed by atoms with Crippen LogP contribution >= 0.6 is 0 Å². The van der Waals surface area contributed by atoms with Gasteiger partial charge in [-0.05, 0) is 64.5 Å². The quantitative estimate of drug-likeness (QED) is 0.778. The van der Waals surface area contributed by atoms with Crippen molar-refractivity contribution >= 4 is 0 Å². The molecule has 1 aliphatic heterocycles. The Bertz CT molecular complexity index is 289. The molecule has 0 radical (unpaired) electrons. The molecule has 1 saturated heterocycles. The van der Waals surface area contributed by atoms with Crippen molar-refractivity contribution in [3.05, 3.63) is 0 Å². The molecular formula is C17H35N3. The van der Waals surface area contributed by atoms with Crippen molar-refractivity contribution in [2.24, 2.45) is 17.6 Å². The summed E-state index contributed by atoms with van der Waals surface area (Å²) in [7, 11) is 0. The molecule has 3 heteroatoms. The minimum absolute atomic E-state index is 0.268. The van der Waals surface area contributed by atoms with Crippen LogP contribution in [0.3, 0.4) is 0 Å². The molecule has 0 unspecified atom stereocenters. The van der Waals surface area contributed by atoms with E-state index >= 15 is 0 Å². The molecule has 2 aliphatic rings. The molecule has 3 nitrogen and oxygen atoms in total. The van der Waals surface area contributed by atoms with Gasteiger partial charge in [-0.2, -0.15) is 0 Å². The Morgan fingerprint density at radius 3 is 2.15 bits per heavy atom. The molecule has 2 fully saturated rings. The summed E-state index contributed by atoms with van der Waals surface area (Å²) < 4.78 is 0. The Labute approximate surface area is 125 Å². The Balaban J connectivity index is 1.97. The first kappa shape index (κ1) is 16.3. The first-order chi connectivity index (χ1) is 9.47. The van der Waals surface area contributed by atoms with Crippen LogP contribution in [0.2, 0.25) is 0 Å². The van der Waals surface area contributed by atoms with Gasteiger partial charge in [0.1, 0.15) is 0 Å². The van der Waals surface area contributed by atoms with E-state index in [1.807, 2.05) is 0 Å². The molecule has 0 bridgehead atoms. The lowest BCUT2D eigenvalue weighted by molar-refractivity contribution is 0.000137. The van der Waals surface area contributed by atoms with E-state index in [-0.39, 0.29) is 5.54 Å². The van der Waals surface area contributed by atoms with Gasteiger partial charge in [0.05, 0.1) is 0 Å². The molecule has 0 spiro atoms. The van der Waals surface area contributed by atoms with E-state index in [0.717, 1.165) is 18.4 Å². The second kappa shape index (κ2) is 6.76. The number of nitrogens with zero attached hydrogens (tertiary/aromatic N) is 2. The topological polar surface area (TPSA) is 32.5 Å². The summed E-state index contributed by atoms with van der Waals surface area (Å²) >= 11 is 0. The lowest BCUT2D eigenvalue weighted by atomic mass is 9.84. The fraction of sp³-hybridized carbons (Fsp3) is 1.00. The summed E-state index contributed by atoms with van der Waals surface area (Å²) in [6, 6.07) is 0.621. The van der Waals surface area contributed by atoms with E-state index in [2.05, 4.69) is 37.5 Å². The van der Waals surface area contributed by atoms with E-state index in [1.165, 1.54) is 51.9 Å². The van der Waals surface area contributed by atoms with Crippen LogP contribution in [0, 0.1) is 11.8 Å². The van der Waals surface area contributed by atoms with Gasteiger partial charge in [-0.3, -0.25) is 4.90 Å². The second-order valence-corrected chi connectivity index (χ2v) is 7.81. The lowest BCUT2D eigenvalue weighted by Gasteiger charge is -2.50. The Hall–Kier alpha value is -0.120. The molecule has 20 heavy (non-hydrogen) atoms. The molecule has 0 aromatic rings. The zero-order valence-corrected chi connectivity index (χ0v) is 14.1. The smallest absolute Gasteiger partial charge is 0.0358 e. The molecule has 1 saturated carbocycles. The number of hydrogen-bond acceptors (Lipinski definition) is 3. The maximum Gasteiger partial charge on any atom is 0.0358 e. The monoisotopic (exact) mass is 281 g/mol. The second-order valence-electron chi connectivity index (χ2n) is 7.81. The van der Waals surface area contributed by atoms with E-state index in [0.29, 0.717) is 6.04 Å². The number of hydrogen-bond donors (Lipinski definition) is 1. The SMILES string of the molecule is CC(C)CN1CCC(CN)(N(CC2CC2)C(C)C)CC1. The minimum atomic E-state index is 0.268. The van der Waals surface area contributed by atoms with Crippen LogP contribution in [-0.4, -0.2) is 54.1 Å². The van der Waals surface area contributed by atoms with Crippen LogP contribution in [-0.2, 0) is 0 Å². The molecule has 1 aliphatic carbocycles. The molecule has 0 aromatic heterocycles. The Morgan fingerprint density at radius 1 is 1.15 bits per heavy atom. The molecular weight excluding hydrogens is 246 g/mol. The summed E-state index contributed by atoms with van der Waals surface area (Å²) in [5.41, 5.74) is 6.53. The normalized spacial score (nSPS) is 24.0. The summed E-state index contributed by atoms with van der Waals surface area (Å²) in [5, 5.41) is 0. The van der Waals surface area contributed by atoms with Crippen LogP contribution in [0.25, 0.3) is 0 Å². The Morgan fingerprint density at radius 2 is 1.75 bits per heavy atom. The lowest BCUT2D eigenvalue weighted by Crippen LogP contribution is -2.62. The standard InChI is InChI=1S/C17H35N3/c1-14(2)11-19-9-7-17(13-18,8-10-19)20(15(3)4)12-16-5-6-16/h14-16H,5-13,18H2,1-4H3. The fourth-order valence-electron chi connectivity index (χ4n) is 3.81. The van der Waals surface area contributed by atoms with Gasteiger partial charge in [-0.15, -0.1) is 0 Å². The van der Waals surface area contributed by atoms with E-state index in [9.17, 15) is 0 Å². The molecule has 2 N–H and O–H groups in total. The van der Waals surface area contributed by atoms with E-state index < -0.39 is 0 Å². The zero-order valence-electron chi connectivity index (χ0n) is 14.1. The van der Waals surface area contributed by atoms with Gasteiger partial charge in [0, 0.05) is 31.2 Å². The van der Waals surface area contributed by atoms with Crippen molar-refractivity contribution in [1.29, 1.82) is 0 Å². The maximum absolute atomic E-state index is 6.26. The van der Waals surface area contributed by atoms with Crippen molar-refractivity contribution in [1.82, 2.24) is 9.80 Å². The number of rotatable bonds is 7. The van der Waals surface area contributed by atoms with Crippen molar-refractivity contribution in [2.75, 3.05) is 32.7 Å². The highest BCUT2D eigenvalue weighted by Gasteiger charge is 2.41. The van der Waals surface area contributed by atoms with Crippen LogP contribution in [0.1, 0.15) is 53.4 Å². The van der Waals surface area contributed by atoms with Gasteiger partial charge in [0.25, 0.3) is 0 Å². The van der Waals surface area contributed by atoms with Gasteiger partial charge >= 0.3 is 0 Å². The number of likely N-dealkylation sites (tertiary alicyclic amines) is 1. The third-order valence-corrected chi connectivity index (χ3v) is 5.17. The average molecular weight is 281 g/mol. The third-order valence-electron chi connectivity index (χ3n) is 5.17. The highest BCUT2D eigenvalue weighted by atomic mass is 15.3. The summed E-state index contributed by atoms with van der Waals surface area (Å²) in [6.07, 6.45) is 5.37. The molecule has 0 atom stereocenters. The van der Waals surface area contributed by atoms with Crippen molar-refractivity contribution in [3.63, 3.8) is 0 Å². The van der Waals surface area contributed by atoms with Gasteiger partial charge < -0.3 is 10.6 Å².